The number of benzene rings is 2. The topological polar surface area (TPSA) is 44.9 Å². The number of hydrogen-bond acceptors (Lipinski definition) is 1. The van der Waals surface area contributed by atoms with Crippen LogP contribution in [0.5, 0.6) is 0 Å². The summed E-state index contributed by atoms with van der Waals surface area (Å²) in [6, 6.07) is 13.7. The third-order valence-corrected chi connectivity index (χ3v) is 4.02. The summed E-state index contributed by atoms with van der Waals surface area (Å²) in [5, 5.41) is 4.60. The lowest BCUT2D eigenvalue weighted by molar-refractivity contribution is 0.0946. The highest BCUT2D eigenvalue weighted by molar-refractivity contribution is 6.31. The minimum atomic E-state index is -0.105. The Morgan fingerprint density at radius 2 is 2.00 bits per heavy atom. The monoisotopic (exact) mass is 312 g/mol. The molecule has 0 bridgehead atoms. The van der Waals surface area contributed by atoms with Crippen LogP contribution in [0.1, 0.15) is 27.2 Å². The van der Waals surface area contributed by atoms with Crippen molar-refractivity contribution in [2.24, 2.45) is 0 Å². The highest BCUT2D eigenvalue weighted by atomic mass is 35.5. The number of nitrogens with one attached hydrogen (secondary N) is 2. The number of halogens is 1. The van der Waals surface area contributed by atoms with Crippen molar-refractivity contribution in [3.05, 3.63) is 69.9 Å². The van der Waals surface area contributed by atoms with E-state index in [4.69, 9.17) is 11.6 Å². The van der Waals surface area contributed by atoms with Crippen molar-refractivity contribution in [1.82, 2.24) is 10.3 Å². The van der Waals surface area contributed by atoms with E-state index in [2.05, 4.69) is 16.4 Å². The van der Waals surface area contributed by atoms with E-state index < -0.39 is 0 Å². The molecule has 1 heterocycles. The number of aryl methyl sites for hydroxylation is 2. The summed E-state index contributed by atoms with van der Waals surface area (Å²) in [5.74, 6) is -0.105. The molecule has 3 nitrogen and oxygen atoms in total. The predicted octanol–water partition coefficient (Wildman–Crippen LogP) is 4.37. The summed E-state index contributed by atoms with van der Waals surface area (Å²) >= 11 is 6.02. The van der Waals surface area contributed by atoms with Crippen molar-refractivity contribution in [2.45, 2.75) is 20.4 Å². The van der Waals surface area contributed by atoms with Gasteiger partial charge < -0.3 is 10.3 Å². The molecule has 4 heteroatoms. The molecular formula is C18H17ClN2O. The van der Waals surface area contributed by atoms with Crippen LogP contribution in [0.2, 0.25) is 5.02 Å². The van der Waals surface area contributed by atoms with Crippen molar-refractivity contribution < 1.29 is 4.79 Å². The lowest BCUT2D eigenvalue weighted by Gasteiger charge is -2.06. The molecule has 0 unspecified atom stereocenters. The van der Waals surface area contributed by atoms with Crippen LogP contribution in [0.4, 0.5) is 0 Å². The molecule has 2 N–H and O–H groups in total. The van der Waals surface area contributed by atoms with Crippen LogP contribution in [0.25, 0.3) is 10.9 Å². The maximum absolute atomic E-state index is 12.4. The van der Waals surface area contributed by atoms with E-state index >= 15 is 0 Å². The van der Waals surface area contributed by atoms with Crippen LogP contribution in [0.3, 0.4) is 0 Å². The fourth-order valence-electron chi connectivity index (χ4n) is 2.62. The first kappa shape index (κ1) is 14.7. The van der Waals surface area contributed by atoms with Crippen LogP contribution < -0.4 is 5.32 Å². The molecule has 0 spiro atoms. The van der Waals surface area contributed by atoms with Gasteiger partial charge in [0.25, 0.3) is 5.91 Å². The largest absolute Gasteiger partial charge is 0.350 e. The first-order valence-corrected chi connectivity index (χ1v) is 7.54. The highest BCUT2D eigenvalue weighted by Crippen LogP contribution is 2.24. The summed E-state index contributed by atoms with van der Waals surface area (Å²) in [7, 11) is 0. The van der Waals surface area contributed by atoms with E-state index in [0.717, 1.165) is 22.0 Å². The number of aromatic nitrogens is 1. The van der Waals surface area contributed by atoms with Crippen molar-refractivity contribution in [2.75, 3.05) is 0 Å². The Morgan fingerprint density at radius 3 is 2.77 bits per heavy atom. The van der Waals surface area contributed by atoms with Gasteiger partial charge in [-0.1, -0.05) is 41.4 Å². The van der Waals surface area contributed by atoms with E-state index in [1.54, 1.807) is 0 Å². The standard InChI is InChI=1S/C18H17ClN2O/c1-11-4-3-5-13(8-11)10-20-18(22)17-12(2)15-9-14(19)6-7-16(15)21-17/h3-9,21H,10H2,1-2H3,(H,20,22). The van der Waals surface area contributed by atoms with Crippen molar-refractivity contribution in [1.29, 1.82) is 0 Å². The van der Waals surface area contributed by atoms with Gasteiger partial charge in [-0.2, -0.15) is 0 Å². The molecular weight excluding hydrogens is 296 g/mol. The number of carbonyl (C=O) groups is 1. The minimum Gasteiger partial charge on any atom is -0.350 e. The van der Waals surface area contributed by atoms with Crippen LogP contribution in [-0.4, -0.2) is 10.9 Å². The molecule has 0 aliphatic carbocycles. The second-order valence-corrected chi connectivity index (χ2v) is 5.92. The Bertz CT molecular complexity index is 851. The summed E-state index contributed by atoms with van der Waals surface area (Å²) in [6.07, 6.45) is 0. The minimum absolute atomic E-state index is 0.105. The molecule has 2 aromatic carbocycles. The molecule has 0 saturated heterocycles. The smallest absolute Gasteiger partial charge is 0.268 e. The number of rotatable bonds is 3. The SMILES string of the molecule is Cc1cccc(CNC(=O)c2[nH]c3ccc(Cl)cc3c2C)c1. The molecule has 1 amide bonds. The Labute approximate surface area is 134 Å². The number of H-pyrrole nitrogens is 1. The summed E-state index contributed by atoms with van der Waals surface area (Å²) < 4.78 is 0. The second kappa shape index (κ2) is 5.85. The van der Waals surface area contributed by atoms with E-state index in [0.29, 0.717) is 17.3 Å². The third-order valence-electron chi connectivity index (χ3n) is 3.78. The van der Waals surface area contributed by atoms with Crippen molar-refractivity contribution in [3.8, 4) is 0 Å². The second-order valence-electron chi connectivity index (χ2n) is 5.49. The van der Waals surface area contributed by atoms with Crippen LogP contribution in [-0.2, 0) is 6.54 Å². The Balaban J connectivity index is 1.82. The highest BCUT2D eigenvalue weighted by Gasteiger charge is 2.14. The van der Waals surface area contributed by atoms with Gasteiger partial charge in [-0.3, -0.25) is 4.79 Å². The molecule has 3 aromatic rings. The van der Waals surface area contributed by atoms with Crippen LogP contribution in [0, 0.1) is 13.8 Å². The normalized spacial score (nSPS) is 10.9. The number of aromatic amines is 1. The first-order valence-electron chi connectivity index (χ1n) is 7.16. The van der Waals surface area contributed by atoms with Gasteiger partial charge in [0.1, 0.15) is 5.69 Å². The Kier molecular flexibility index (Phi) is 3.90. The Morgan fingerprint density at radius 1 is 1.18 bits per heavy atom. The van der Waals surface area contributed by atoms with Crippen molar-refractivity contribution in [3.63, 3.8) is 0 Å². The maximum atomic E-state index is 12.4. The zero-order valence-electron chi connectivity index (χ0n) is 12.5. The molecule has 0 aliphatic heterocycles. The molecule has 0 aliphatic rings. The van der Waals surface area contributed by atoms with E-state index in [-0.39, 0.29) is 5.91 Å². The molecule has 22 heavy (non-hydrogen) atoms. The lowest BCUT2D eigenvalue weighted by atomic mass is 10.1. The van der Waals surface area contributed by atoms with Gasteiger partial charge in [-0.05, 0) is 43.2 Å². The fourth-order valence-corrected chi connectivity index (χ4v) is 2.79. The van der Waals surface area contributed by atoms with Gasteiger partial charge in [0.2, 0.25) is 0 Å². The summed E-state index contributed by atoms with van der Waals surface area (Å²) in [5.41, 5.74) is 4.69. The number of hydrogen-bond donors (Lipinski definition) is 2. The first-order chi connectivity index (χ1) is 10.5. The fraction of sp³-hybridized carbons (Fsp3) is 0.167. The van der Waals surface area contributed by atoms with E-state index in [9.17, 15) is 4.79 Å². The van der Waals surface area contributed by atoms with E-state index in [1.807, 2.05) is 50.2 Å². The van der Waals surface area contributed by atoms with Crippen LogP contribution >= 0.6 is 11.6 Å². The molecule has 0 saturated carbocycles. The van der Waals surface area contributed by atoms with Crippen molar-refractivity contribution >= 4 is 28.4 Å². The van der Waals surface area contributed by atoms with Gasteiger partial charge in [0.15, 0.2) is 0 Å². The van der Waals surface area contributed by atoms with Crippen LogP contribution in [0.15, 0.2) is 42.5 Å². The number of amides is 1. The lowest BCUT2D eigenvalue weighted by Crippen LogP contribution is -2.23. The van der Waals surface area contributed by atoms with Gasteiger partial charge in [0, 0.05) is 22.5 Å². The molecule has 112 valence electrons. The quantitative estimate of drug-likeness (QED) is 0.741. The maximum Gasteiger partial charge on any atom is 0.268 e. The molecule has 0 radical (unpaired) electrons. The number of fused-ring (bicyclic) bond motifs is 1. The molecule has 0 fully saturated rings. The molecule has 3 rings (SSSR count). The predicted molar refractivity (Wildman–Crippen MR) is 90.4 cm³/mol. The zero-order valence-corrected chi connectivity index (χ0v) is 13.3. The third kappa shape index (κ3) is 2.85. The summed E-state index contributed by atoms with van der Waals surface area (Å²) in [6.45, 7) is 4.48. The zero-order chi connectivity index (χ0) is 15.7. The van der Waals surface area contributed by atoms with Gasteiger partial charge in [-0.25, -0.2) is 0 Å². The molecule has 0 atom stereocenters. The number of carbonyl (C=O) groups excluding carboxylic acids is 1. The van der Waals surface area contributed by atoms with Gasteiger partial charge in [0.05, 0.1) is 0 Å². The molecule has 1 aromatic heterocycles. The van der Waals surface area contributed by atoms with E-state index in [1.165, 1.54) is 5.56 Å². The average Bonchev–Trinajstić information content (AvgIpc) is 2.82. The van der Waals surface area contributed by atoms with Gasteiger partial charge in [-0.15, -0.1) is 0 Å². The Hall–Kier alpha value is -2.26. The summed E-state index contributed by atoms with van der Waals surface area (Å²) in [4.78, 5) is 15.6. The van der Waals surface area contributed by atoms with Gasteiger partial charge >= 0.3 is 0 Å². The average molecular weight is 313 g/mol.